The smallest absolute Gasteiger partial charge is 0.135 e. The molecule has 0 radical (unpaired) electrons. The van der Waals surface area contributed by atoms with Gasteiger partial charge in [0.25, 0.3) is 0 Å². The molecule has 0 spiro atoms. The Morgan fingerprint density at radius 3 is 2.50 bits per heavy atom. The van der Waals surface area contributed by atoms with Gasteiger partial charge in [0.1, 0.15) is 11.6 Å². The highest BCUT2D eigenvalue weighted by atomic mass is 16.5. The van der Waals surface area contributed by atoms with Gasteiger partial charge in [-0.3, -0.25) is 0 Å². The molecule has 2 aromatic heterocycles. The maximum absolute atomic E-state index is 5.24. The number of ether oxygens (including phenoxy) is 1. The molecule has 0 unspecified atom stereocenters. The van der Waals surface area contributed by atoms with Crippen molar-refractivity contribution in [3.05, 3.63) is 78.1 Å². The molecule has 0 N–H and O–H groups in total. The van der Waals surface area contributed by atoms with Crippen LogP contribution in [-0.4, -0.2) is 32.7 Å². The quantitative estimate of drug-likeness (QED) is 0.545. The van der Waals surface area contributed by atoms with Crippen LogP contribution in [0.2, 0.25) is 0 Å². The second kappa shape index (κ2) is 6.24. The van der Waals surface area contributed by atoms with Crippen molar-refractivity contribution in [2.75, 3.05) is 13.2 Å². The first kappa shape index (κ1) is 16.0. The Balaban J connectivity index is 1.41. The van der Waals surface area contributed by atoms with Crippen LogP contribution in [0.1, 0.15) is 35.6 Å². The van der Waals surface area contributed by atoms with E-state index < -0.39 is 0 Å². The molecule has 5 nitrogen and oxygen atoms in total. The summed E-state index contributed by atoms with van der Waals surface area (Å²) in [5, 5.41) is 0. The summed E-state index contributed by atoms with van der Waals surface area (Å²) in [7, 11) is 0. The van der Waals surface area contributed by atoms with E-state index >= 15 is 0 Å². The van der Waals surface area contributed by atoms with Crippen molar-refractivity contribution in [1.82, 2.24) is 19.5 Å². The van der Waals surface area contributed by atoms with Crippen molar-refractivity contribution in [2.24, 2.45) is 0 Å². The number of benzene rings is 2. The molecule has 1 saturated heterocycles. The average molecular weight is 368 g/mol. The molecule has 4 heterocycles. The van der Waals surface area contributed by atoms with E-state index in [2.05, 4.69) is 63.1 Å². The third-order valence-electron chi connectivity index (χ3n) is 5.91. The molecule has 2 aliphatic rings. The maximum Gasteiger partial charge on any atom is 0.135 e. The third-order valence-corrected chi connectivity index (χ3v) is 5.91. The number of aromatic nitrogens is 4. The summed E-state index contributed by atoms with van der Waals surface area (Å²) in [6, 6.07) is 17.6. The molecule has 4 aromatic rings. The number of hydrogen-bond donors (Lipinski definition) is 0. The zero-order valence-electron chi connectivity index (χ0n) is 15.5. The molecule has 5 heteroatoms. The van der Waals surface area contributed by atoms with E-state index in [-0.39, 0.29) is 0 Å². The lowest BCUT2D eigenvalue weighted by Crippen LogP contribution is -2.26. The number of hydrogen-bond acceptors (Lipinski definition) is 4. The summed E-state index contributed by atoms with van der Waals surface area (Å²) >= 11 is 0. The lowest BCUT2D eigenvalue weighted by molar-refractivity contribution is 0.00485. The summed E-state index contributed by atoms with van der Waals surface area (Å²) < 4.78 is 7.65. The minimum Gasteiger partial charge on any atom is -0.380 e. The van der Waals surface area contributed by atoms with E-state index in [1.165, 1.54) is 16.9 Å². The second-order valence-corrected chi connectivity index (χ2v) is 7.63. The van der Waals surface area contributed by atoms with Gasteiger partial charge in [-0.2, -0.15) is 0 Å². The number of fused-ring (bicyclic) bond motifs is 3. The monoisotopic (exact) mass is 368 g/mol. The Labute approximate surface area is 163 Å². The van der Waals surface area contributed by atoms with Gasteiger partial charge >= 0.3 is 0 Å². The van der Waals surface area contributed by atoms with Crippen molar-refractivity contribution in [1.29, 1.82) is 0 Å². The normalized spacial score (nSPS) is 18.9. The van der Waals surface area contributed by atoms with Gasteiger partial charge in [-0.15, -0.1) is 0 Å². The molecule has 0 amide bonds. The van der Waals surface area contributed by atoms with E-state index in [4.69, 9.17) is 9.72 Å². The van der Waals surface area contributed by atoms with Crippen molar-refractivity contribution >= 4 is 11.0 Å². The standard InChI is InChI=1S/C23H20N4O/c1-2-4-15(5-3-1)20-8-9-22-26-19-7-6-16(10-21(19)27(20)22)17-11-24-23(25-12-17)18-13-28-14-18/h1-7,10-12,18,20H,8-9,13-14H2/t20-/m1/s1. The Hall–Kier alpha value is -3.05. The molecule has 0 saturated carbocycles. The van der Waals surface area contributed by atoms with E-state index in [1.54, 1.807) is 0 Å². The summed E-state index contributed by atoms with van der Waals surface area (Å²) in [5.41, 5.74) is 5.77. The van der Waals surface area contributed by atoms with Crippen LogP contribution in [0.15, 0.2) is 60.9 Å². The molecule has 2 aromatic carbocycles. The van der Waals surface area contributed by atoms with Crippen LogP contribution in [0, 0.1) is 0 Å². The van der Waals surface area contributed by atoms with Crippen LogP contribution in [0.25, 0.3) is 22.2 Å². The minimum absolute atomic E-state index is 0.348. The van der Waals surface area contributed by atoms with Crippen molar-refractivity contribution in [3.63, 3.8) is 0 Å². The van der Waals surface area contributed by atoms with Crippen LogP contribution in [0.4, 0.5) is 0 Å². The fourth-order valence-electron chi connectivity index (χ4n) is 4.32. The zero-order chi connectivity index (χ0) is 18.5. The van der Waals surface area contributed by atoms with Gasteiger partial charge < -0.3 is 9.30 Å². The van der Waals surface area contributed by atoms with E-state index in [0.717, 1.165) is 48.5 Å². The maximum atomic E-state index is 5.24. The molecule has 6 rings (SSSR count). The first-order valence-corrected chi connectivity index (χ1v) is 9.83. The predicted octanol–water partition coefficient (Wildman–Crippen LogP) is 4.14. The topological polar surface area (TPSA) is 52.8 Å². The number of aryl methyl sites for hydroxylation is 1. The highest BCUT2D eigenvalue weighted by molar-refractivity contribution is 5.83. The molecule has 2 aliphatic heterocycles. The molecule has 138 valence electrons. The number of imidazole rings is 1. The van der Waals surface area contributed by atoms with Crippen molar-refractivity contribution in [3.8, 4) is 11.1 Å². The highest BCUT2D eigenvalue weighted by Crippen LogP contribution is 2.36. The van der Waals surface area contributed by atoms with Crippen LogP contribution >= 0.6 is 0 Å². The molecule has 0 aliphatic carbocycles. The Kier molecular flexibility index (Phi) is 3.56. The fourth-order valence-corrected chi connectivity index (χ4v) is 4.32. The van der Waals surface area contributed by atoms with Gasteiger partial charge in [0, 0.05) is 24.4 Å². The second-order valence-electron chi connectivity index (χ2n) is 7.63. The first-order valence-electron chi connectivity index (χ1n) is 9.83. The van der Waals surface area contributed by atoms with Gasteiger partial charge in [0.2, 0.25) is 0 Å². The van der Waals surface area contributed by atoms with Gasteiger partial charge in [0.05, 0.1) is 36.2 Å². The van der Waals surface area contributed by atoms with Gasteiger partial charge in [-0.25, -0.2) is 15.0 Å². The molecule has 0 bridgehead atoms. The largest absolute Gasteiger partial charge is 0.380 e. The van der Waals surface area contributed by atoms with Gasteiger partial charge in [-0.1, -0.05) is 36.4 Å². The third kappa shape index (κ3) is 2.47. The van der Waals surface area contributed by atoms with Crippen LogP contribution in [0.3, 0.4) is 0 Å². The van der Waals surface area contributed by atoms with Crippen LogP contribution < -0.4 is 0 Å². The molecular weight excluding hydrogens is 348 g/mol. The molecule has 1 fully saturated rings. The molecular formula is C23H20N4O. The van der Waals surface area contributed by atoms with E-state index in [9.17, 15) is 0 Å². The lowest BCUT2D eigenvalue weighted by Gasteiger charge is -2.24. The summed E-state index contributed by atoms with van der Waals surface area (Å²) in [5.74, 6) is 2.41. The van der Waals surface area contributed by atoms with Gasteiger partial charge in [0.15, 0.2) is 0 Å². The van der Waals surface area contributed by atoms with Crippen molar-refractivity contribution in [2.45, 2.75) is 24.8 Å². The molecule has 1 atom stereocenters. The lowest BCUT2D eigenvalue weighted by atomic mass is 10.0. The van der Waals surface area contributed by atoms with E-state index in [1.807, 2.05) is 12.4 Å². The van der Waals surface area contributed by atoms with Gasteiger partial charge in [-0.05, 0) is 29.7 Å². The Bertz CT molecular complexity index is 1150. The summed E-state index contributed by atoms with van der Waals surface area (Å²) in [4.78, 5) is 14.0. The highest BCUT2D eigenvalue weighted by Gasteiger charge is 2.27. The minimum atomic E-state index is 0.348. The molecule has 28 heavy (non-hydrogen) atoms. The zero-order valence-corrected chi connectivity index (χ0v) is 15.5. The van der Waals surface area contributed by atoms with Crippen LogP contribution in [-0.2, 0) is 11.2 Å². The first-order chi connectivity index (χ1) is 13.9. The average Bonchev–Trinajstić information content (AvgIpc) is 3.27. The SMILES string of the molecule is c1ccc([C@H]2CCc3nc4ccc(-c5cnc(C6COC6)nc5)cc4n32)cc1. The van der Waals surface area contributed by atoms with E-state index in [0.29, 0.717) is 12.0 Å². The van der Waals surface area contributed by atoms with Crippen LogP contribution in [0.5, 0.6) is 0 Å². The fraction of sp³-hybridized carbons (Fsp3) is 0.261. The summed E-state index contributed by atoms with van der Waals surface area (Å²) in [6.07, 6.45) is 5.98. The number of rotatable bonds is 3. The Morgan fingerprint density at radius 1 is 0.929 bits per heavy atom. The predicted molar refractivity (Wildman–Crippen MR) is 107 cm³/mol. The number of nitrogens with zero attached hydrogens (tertiary/aromatic N) is 4. The summed E-state index contributed by atoms with van der Waals surface area (Å²) in [6.45, 7) is 1.46. The Morgan fingerprint density at radius 2 is 1.75 bits per heavy atom. The van der Waals surface area contributed by atoms with Crippen molar-refractivity contribution < 1.29 is 4.74 Å².